The minimum Gasteiger partial charge on any atom is -0.507 e. The number of hydrogen-bond donors (Lipinski definition) is 2. The van der Waals surface area contributed by atoms with Crippen molar-refractivity contribution >= 4 is 0 Å². The van der Waals surface area contributed by atoms with Crippen LogP contribution in [0, 0.1) is 0 Å². The van der Waals surface area contributed by atoms with Gasteiger partial charge in [0.05, 0.1) is 5.56 Å². The SMILES string of the molecule is CC(c1c(O)cccc1O)N(C)C1CCCCCC1. The van der Waals surface area contributed by atoms with Crippen LogP contribution in [-0.4, -0.2) is 28.2 Å². The molecule has 0 amide bonds. The van der Waals surface area contributed by atoms with Gasteiger partial charge in [0.1, 0.15) is 11.5 Å². The van der Waals surface area contributed by atoms with E-state index < -0.39 is 0 Å². The zero-order valence-corrected chi connectivity index (χ0v) is 12.0. The average Bonchev–Trinajstić information content (AvgIpc) is 2.66. The molecule has 1 saturated carbocycles. The molecule has 1 aliphatic rings. The van der Waals surface area contributed by atoms with Gasteiger partial charge in [-0.1, -0.05) is 31.7 Å². The number of nitrogens with zero attached hydrogens (tertiary/aromatic N) is 1. The Morgan fingerprint density at radius 2 is 1.58 bits per heavy atom. The van der Waals surface area contributed by atoms with Crippen molar-refractivity contribution in [3.8, 4) is 11.5 Å². The predicted molar refractivity (Wildman–Crippen MR) is 77.4 cm³/mol. The van der Waals surface area contributed by atoms with E-state index in [1.54, 1.807) is 18.2 Å². The van der Waals surface area contributed by atoms with Gasteiger partial charge in [0.2, 0.25) is 0 Å². The molecule has 19 heavy (non-hydrogen) atoms. The summed E-state index contributed by atoms with van der Waals surface area (Å²) >= 11 is 0. The van der Waals surface area contributed by atoms with Gasteiger partial charge in [-0.25, -0.2) is 0 Å². The quantitative estimate of drug-likeness (QED) is 0.815. The maximum absolute atomic E-state index is 9.98. The molecule has 0 radical (unpaired) electrons. The lowest BCUT2D eigenvalue weighted by atomic mass is 10.00. The number of aromatic hydroxyl groups is 2. The van der Waals surface area contributed by atoms with Crippen molar-refractivity contribution in [3.63, 3.8) is 0 Å². The first-order valence-corrected chi connectivity index (χ1v) is 7.34. The van der Waals surface area contributed by atoms with Crippen LogP contribution in [0.5, 0.6) is 11.5 Å². The van der Waals surface area contributed by atoms with E-state index in [1.807, 2.05) is 0 Å². The Kier molecular flexibility index (Phi) is 4.70. The van der Waals surface area contributed by atoms with Crippen molar-refractivity contribution in [2.45, 2.75) is 57.5 Å². The minimum atomic E-state index is 0.0318. The number of hydrogen-bond acceptors (Lipinski definition) is 3. The van der Waals surface area contributed by atoms with E-state index in [0.717, 1.165) is 0 Å². The average molecular weight is 263 g/mol. The molecule has 1 aliphatic carbocycles. The first-order chi connectivity index (χ1) is 9.11. The fourth-order valence-corrected chi connectivity index (χ4v) is 3.15. The van der Waals surface area contributed by atoms with Gasteiger partial charge in [-0.3, -0.25) is 4.90 Å². The number of rotatable bonds is 3. The molecular formula is C16H25NO2. The van der Waals surface area contributed by atoms with Crippen LogP contribution in [0.15, 0.2) is 18.2 Å². The van der Waals surface area contributed by atoms with E-state index in [9.17, 15) is 10.2 Å². The van der Waals surface area contributed by atoms with Gasteiger partial charge >= 0.3 is 0 Å². The van der Waals surface area contributed by atoms with Gasteiger partial charge in [-0.05, 0) is 38.9 Å². The first kappa shape index (κ1) is 14.2. The molecule has 1 atom stereocenters. The van der Waals surface area contributed by atoms with Crippen LogP contribution in [0.2, 0.25) is 0 Å². The maximum Gasteiger partial charge on any atom is 0.124 e. The monoisotopic (exact) mass is 263 g/mol. The second-order valence-electron chi connectivity index (χ2n) is 5.70. The standard InChI is InChI=1S/C16H25NO2/c1-12(16-14(18)10-7-11-15(16)19)17(2)13-8-5-3-4-6-9-13/h7,10-13,18-19H,3-6,8-9H2,1-2H3. The van der Waals surface area contributed by atoms with Crippen LogP contribution >= 0.6 is 0 Å². The van der Waals surface area contributed by atoms with Gasteiger partial charge in [-0.15, -0.1) is 0 Å². The normalized spacial score (nSPS) is 19.3. The summed E-state index contributed by atoms with van der Waals surface area (Å²) in [4.78, 5) is 2.31. The fraction of sp³-hybridized carbons (Fsp3) is 0.625. The highest BCUT2D eigenvalue weighted by Crippen LogP contribution is 2.37. The third-order valence-corrected chi connectivity index (χ3v) is 4.49. The molecule has 0 heterocycles. The highest BCUT2D eigenvalue weighted by atomic mass is 16.3. The van der Waals surface area contributed by atoms with E-state index in [-0.39, 0.29) is 17.5 Å². The third kappa shape index (κ3) is 3.21. The lowest BCUT2D eigenvalue weighted by molar-refractivity contribution is 0.164. The van der Waals surface area contributed by atoms with Gasteiger partial charge in [0.15, 0.2) is 0 Å². The summed E-state index contributed by atoms with van der Waals surface area (Å²) in [5.41, 5.74) is 0.647. The molecule has 3 nitrogen and oxygen atoms in total. The highest BCUT2D eigenvalue weighted by molar-refractivity contribution is 5.44. The van der Waals surface area contributed by atoms with Crippen molar-refractivity contribution in [2.24, 2.45) is 0 Å². The molecule has 1 aromatic carbocycles. The Balaban J connectivity index is 2.15. The Morgan fingerprint density at radius 1 is 1.05 bits per heavy atom. The summed E-state index contributed by atoms with van der Waals surface area (Å²) in [5.74, 6) is 0.376. The second kappa shape index (κ2) is 6.29. The lowest BCUT2D eigenvalue weighted by Crippen LogP contribution is -2.33. The molecular weight excluding hydrogens is 238 g/mol. The topological polar surface area (TPSA) is 43.7 Å². The molecule has 1 fully saturated rings. The van der Waals surface area contributed by atoms with Crippen molar-refractivity contribution in [2.75, 3.05) is 7.05 Å². The Labute approximate surface area is 115 Å². The van der Waals surface area contributed by atoms with Gasteiger partial charge in [-0.2, -0.15) is 0 Å². The summed E-state index contributed by atoms with van der Waals surface area (Å²) in [6, 6.07) is 5.55. The van der Waals surface area contributed by atoms with E-state index >= 15 is 0 Å². The van der Waals surface area contributed by atoms with Gasteiger partial charge < -0.3 is 10.2 Å². The largest absolute Gasteiger partial charge is 0.507 e. The van der Waals surface area contributed by atoms with Crippen LogP contribution in [0.1, 0.15) is 57.1 Å². The number of phenolic OH excluding ortho intramolecular Hbond substituents is 2. The molecule has 0 aliphatic heterocycles. The van der Waals surface area contributed by atoms with Crippen molar-refractivity contribution < 1.29 is 10.2 Å². The Bertz CT molecular complexity index is 391. The predicted octanol–water partition coefficient (Wildman–Crippen LogP) is 3.81. The number of phenols is 2. The second-order valence-corrected chi connectivity index (χ2v) is 5.70. The summed E-state index contributed by atoms with van der Waals surface area (Å²) in [6.07, 6.45) is 7.68. The minimum absolute atomic E-state index is 0.0318. The van der Waals surface area contributed by atoms with Crippen LogP contribution in [0.3, 0.4) is 0 Å². The maximum atomic E-state index is 9.98. The molecule has 2 rings (SSSR count). The summed E-state index contributed by atoms with van der Waals surface area (Å²) in [7, 11) is 2.10. The Hall–Kier alpha value is -1.22. The molecule has 106 valence electrons. The smallest absolute Gasteiger partial charge is 0.124 e. The number of benzene rings is 1. The van der Waals surface area contributed by atoms with E-state index in [1.165, 1.54) is 38.5 Å². The third-order valence-electron chi connectivity index (χ3n) is 4.49. The molecule has 1 unspecified atom stereocenters. The summed E-state index contributed by atoms with van der Waals surface area (Å²) in [5, 5.41) is 20.0. The first-order valence-electron chi connectivity index (χ1n) is 7.34. The zero-order chi connectivity index (χ0) is 13.8. The molecule has 3 heteroatoms. The van der Waals surface area contributed by atoms with E-state index in [4.69, 9.17) is 0 Å². The summed E-state index contributed by atoms with van der Waals surface area (Å²) < 4.78 is 0. The van der Waals surface area contributed by atoms with Crippen LogP contribution in [-0.2, 0) is 0 Å². The van der Waals surface area contributed by atoms with E-state index in [0.29, 0.717) is 11.6 Å². The molecule has 0 bridgehead atoms. The lowest BCUT2D eigenvalue weighted by Gasteiger charge is -2.33. The van der Waals surface area contributed by atoms with Crippen molar-refractivity contribution in [3.05, 3.63) is 23.8 Å². The fourth-order valence-electron chi connectivity index (χ4n) is 3.15. The van der Waals surface area contributed by atoms with Crippen LogP contribution in [0.4, 0.5) is 0 Å². The molecule has 1 aromatic rings. The van der Waals surface area contributed by atoms with Crippen molar-refractivity contribution in [1.82, 2.24) is 4.90 Å². The molecule has 0 spiro atoms. The zero-order valence-electron chi connectivity index (χ0n) is 12.0. The highest BCUT2D eigenvalue weighted by Gasteiger charge is 2.25. The van der Waals surface area contributed by atoms with Crippen LogP contribution < -0.4 is 0 Å². The van der Waals surface area contributed by atoms with E-state index in [2.05, 4.69) is 18.9 Å². The van der Waals surface area contributed by atoms with Crippen LogP contribution in [0.25, 0.3) is 0 Å². The Morgan fingerprint density at radius 3 is 2.11 bits per heavy atom. The van der Waals surface area contributed by atoms with Crippen molar-refractivity contribution in [1.29, 1.82) is 0 Å². The van der Waals surface area contributed by atoms with Gasteiger partial charge in [0, 0.05) is 12.1 Å². The molecule has 0 aromatic heterocycles. The summed E-state index contributed by atoms with van der Waals surface area (Å²) in [6.45, 7) is 2.06. The van der Waals surface area contributed by atoms with Gasteiger partial charge in [0.25, 0.3) is 0 Å². The molecule has 0 saturated heterocycles. The molecule has 2 N–H and O–H groups in total.